The van der Waals surface area contributed by atoms with E-state index in [0.717, 1.165) is 37.5 Å². The van der Waals surface area contributed by atoms with Crippen LogP contribution in [0, 0.1) is 13.8 Å². The summed E-state index contributed by atoms with van der Waals surface area (Å²) in [6, 6.07) is 20.9. The van der Waals surface area contributed by atoms with E-state index in [9.17, 15) is 18.0 Å². The molecule has 36 heavy (non-hydrogen) atoms. The molecule has 0 saturated heterocycles. The Bertz CT molecular complexity index is 1400. The van der Waals surface area contributed by atoms with Crippen LogP contribution >= 0.6 is 0 Å². The fourth-order valence-corrected chi connectivity index (χ4v) is 5.40. The number of nitrogens with one attached hydrogen (secondary N) is 1. The lowest BCUT2D eigenvalue weighted by Crippen LogP contribution is -2.49. The Morgan fingerprint density at radius 3 is 2.42 bits per heavy atom. The number of rotatable bonds is 7. The van der Waals surface area contributed by atoms with Gasteiger partial charge in [0.2, 0.25) is 10.0 Å². The topological polar surface area (TPSA) is 92.8 Å². The van der Waals surface area contributed by atoms with E-state index in [1.54, 1.807) is 18.2 Å². The number of fused-ring (bicyclic) bond motifs is 1. The quantitative estimate of drug-likeness (QED) is 0.487. The predicted molar refractivity (Wildman–Crippen MR) is 139 cm³/mol. The number of amides is 1. The minimum atomic E-state index is -3.96. The lowest BCUT2D eigenvalue weighted by Gasteiger charge is -2.33. The van der Waals surface area contributed by atoms with Gasteiger partial charge in [-0.25, -0.2) is 8.42 Å². The Labute approximate surface area is 211 Å². The molecule has 1 aliphatic rings. The van der Waals surface area contributed by atoms with Crippen molar-refractivity contribution in [2.45, 2.75) is 32.9 Å². The van der Waals surface area contributed by atoms with Gasteiger partial charge < -0.3 is 10.1 Å². The molecule has 0 aromatic heterocycles. The molecule has 1 N–H and O–H groups in total. The average Bonchev–Trinajstić information content (AvgIpc) is 2.88. The Morgan fingerprint density at radius 2 is 1.67 bits per heavy atom. The van der Waals surface area contributed by atoms with E-state index in [2.05, 4.69) is 5.32 Å². The van der Waals surface area contributed by atoms with Gasteiger partial charge in [0.05, 0.1) is 0 Å². The van der Waals surface area contributed by atoms with Gasteiger partial charge in [-0.2, -0.15) is 4.31 Å². The van der Waals surface area contributed by atoms with Crippen molar-refractivity contribution < 1.29 is 22.7 Å². The molecule has 3 aromatic carbocycles. The van der Waals surface area contributed by atoms with Crippen molar-refractivity contribution in [3.63, 3.8) is 0 Å². The van der Waals surface area contributed by atoms with E-state index in [4.69, 9.17) is 4.74 Å². The second-order valence-corrected chi connectivity index (χ2v) is 10.5. The molecule has 1 heterocycles. The first-order valence-electron chi connectivity index (χ1n) is 11.6. The molecule has 8 heteroatoms. The maximum atomic E-state index is 13.3. The lowest BCUT2D eigenvalue weighted by atomic mass is 9.96. The maximum Gasteiger partial charge on any atom is 0.325 e. The molecule has 0 saturated carbocycles. The largest absolute Gasteiger partial charge is 0.454 e. The monoisotopic (exact) mass is 504 g/mol. The Balaban J connectivity index is 1.51. The molecule has 0 fully saturated rings. The number of esters is 1. The van der Waals surface area contributed by atoms with E-state index in [0.29, 0.717) is 5.69 Å². The van der Waals surface area contributed by atoms with Gasteiger partial charge in [-0.15, -0.1) is 0 Å². The number of carbonyl (C=O) groups excluding carboxylic acids is 2. The molecule has 0 bridgehead atoms. The molecule has 3 aromatic rings. The molecule has 0 radical (unpaired) electrons. The van der Waals surface area contributed by atoms with Crippen LogP contribution < -0.4 is 5.32 Å². The summed E-state index contributed by atoms with van der Waals surface area (Å²) in [6.45, 7) is 3.35. The standard InChI is InChI=1S/C28H28N2O5S/c1-20-9-8-14-25(21(20)2)29-27(31)19-35-28(32)26-17-23-12-6-7-13-24(23)18-30(26)36(33,34)16-15-22-10-4-3-5-11-22/h3-16,26H,17-19H2,1-2H3,(H,29,31)/b16-15+. The van der Waals surface area contributed by atoms with Gasteiger partial charge in [-0.1, -0.05) is 66.7 Å². The highest BCUT2D eigenvalue weighted by molar-refractivity contribution is 7.92. The highest BCUT2D eigenvalue weighted by atomic mass is 32.2. The van der Waals surface area contributed by atoms with Crippen LogP contribution in [-0.4, -0.2) is 37.2 Å². The SMILES string of the molecule is Cc1cccc(NC(=O)COC(=O)C2Cc3ccccc3CN2S(=O)(=O)/C=C/c2ccccc2)c1C. The molecule has 1 unspecified atom stereocenters. The van der Waals surface area contributed by atoms with Crippen LogP contribution in [0.25, 0.3) is 6.08 Å². The van der Waals surface area contributed by atoms with Crippen molar-refractivity contribution in [2.24, 2.45) is 0 Å². The van der Waals surface area contributed by atoms with Gasteiger partial charge in [0.15, 0.2) is 6.61 Å². The number of ether oxygens (including phenoxy) is 1. The number of benzene rings is 3. The lowest BCUT2D eigenvalue weighted by molar-refractivity contribution is -0.151. The first kappa shape index (κ1) is 25.3. The Hall–Kier alpha value is -3.75. The molecule has 1 atom stereocenters. The summed E-state index contributed by atoms with van der Waals surface area (Å²) in [6.07, 6.45) is 1.65. The highest BCUT2D eigenvalue weighted by Gasteiger charge is 2.39. The van der Waals surface area contributed by atoms with E-state index in [1.165, 1.54) is 6.08 Å². The minimum absolute atomic E-state index is 0.0338. The number of hydrogen-bond acceptors (Lipinski definition) is 5. The smallest absolute Gasteiger partial charge is 0.325 e. The number of anilines is 1. The normalized spacial score (nSPS) is 15.9. The molecule has 0 aliphatic carbocycles. The van der Waals surface area contributed by atoms with Crippen LogP contribution in [0.15, 0.2) is 78.2 Å². The molecule has 1 aliphatic heterocycles. The van der Waals surface area contributed by atoms with Crippen LogP contribution in [-0.2, 0) is 37.3 Å². The summed E-state index contributed by atoms with van der Waals surface area (Å²) in [4.78, 5) is 25.6. The third-order valence-electron chi connectivity index (χ3n) is 6.26. The Morgan fingerprint density at radius 1 is 0.972 bits per heavy atom. The number of sulfonamides is 1. The number of carbonyl (C=O) groups is 2. The number of aryl methyl sites for hydroxylation is 1. The second-order valence-electron chi connectivity index (χ2n) is 8.70. The van der Waals surface area contributed by atoms with Crippen molar-refractivity contribution in [1.29, 1.82) is 0 Å². The number of hydrogen-bond donors (Lipinski definition) is 1. The van der Waals surface area contributed by atoms with Crippen LogP contribution in [0.5, 0.6) is 0 Å². The van der Waals surface area contributed by atoms with Crippen LogP contribution in [0.4, 0.5) is 5.69 Å². The van der Waals surface area contributed by atoms with Gasteiger partial charge in [0.25, 0.3) is 5.91 Å². The third kappa shape index (κ3) is 5.90. The molecular weight excluding hydrogens is 476 g/mol. The third-order valence-corrected chi connectivity index (χ3v) is 7.78. The van der Waals surface area contributed by atoms with Crippen LogP contribution in [0.1, 0.15) is 27.8 Å². The zero-order chi connectivity index (χ0) is 25.7. The molecule has 186 valence electrons. The first-order valence-corrected chi connectivity index (χ1v) is 13.1. The fraction of sp³-hybridized carbons (Fsp3) is 0.214. The Kier molecular flexibility index (Phi) is 7.67. The van der Waals surface area contributed by atoms with Crippen molar-refractivity contribution in [2.75, 3.05) is 11.9 Å². The van der Waals surface area contributed by atoms with Crippen LogP contribution in [0.2, 0.25) is 0 Å². The summed E-state index contributed by atoms with van der Waals surface area (Å²) in [5, 5.41) is 3.85. The predicted octanol–water partition coefficient (Wildman–Crippen LogP) is 4.21. The first-order chi connectivity index (χ1) is 17.2. The molecule has 4 rings (SSSR count). The van der Waals surface area contributed by atoms with Gasteiger partial charge in [0, 0.05) is 24.1 Å². The van der Waals surface area contributed by atoms with Crippen molar-refractivity contribution in [1.82, 2.24) is 4.31 Å². The summed E-state index contributed by atoms with van der Waals surface area (Å²) in [7, 11) is -3.96. The zero-order valence-corrected chi connectivity index (χ0v) is 21.0. The summed E-state index contributed by atoms with van der Waals surface area (Å²) >= 11 is 0. The van der Waals surface area contributed by atoms with Crippen LogP contribution in [0.3, 0.4) is 0 Å². The molecule has 7 nitrogen and oxygen atoms in total. The van der Waals surface area contributed by atoms with E-state index in [1.807, 2.05) is 68.4 Å². The molecule has 1 amide bonds. The van der Waals surface area contributed by atoms with Gasteiger partial charge in [-0.3, -0.25) is 9.59 Å². The van der Waals surface area contributed by atoms with Crippen molar-refractivity contribution in [3.8, 4) is 0 Å². The fourth-order valence-electron chi connectivity index (χ4n) is 4.08. The molecular formula is C28H28N2O5S. The average molecular weight is 505 g/mol. The maximum absolute atomic E-state index is 13.3. The van der Waals surface area contributed by atoms with Gasteiger partial charge in [-0.05, 0) is 53.8 Å². The summed E-state index contributed by atoms with van der Waals surface area (Å²) in [5.74, 6) is -1.26. The van der Waals surface area contributed by atoms with Crippen molar-refractivity contribution >= 4 is 33.7 Å². The minimum Gasteiger partial charge on any atom is -0.454 e. The number of nitrogens with zero attached hydrogens (tertiary/aromatic N) is 1. The van der Waals surface area contributed by atoms with E-state index < -0.39 is 34.5 Å². The highest BCUT2D eigenvalue weighted by Crippen LogP contribution is 2.27. The summed E-state index contributed by atoms with van der Waals surface area (Å²) < 4.78 is 33.0. The van der Waals surface area contributed by atoms with Gasteiger partial charge in [0.1, 0.15) is 6.04 Å². The molecule has 0 spiro atoms. The van der Waals surface area contributed by atoms with Gasteiger partial charge >= 0.3 is 5.97 Å². The van der Waals surface area contributed by atoms with Crippen molar-refractivity contribution in [3.05, 3.63) is 106 Å². The second kappa shape index (κ2) is 10.9. The summed E-state index contributed by atoms with van der Waals surface area (Å²) in [5.41, 5.74) is 5.00. The van der Waals surface area contributed by atoms with E-state index >= 15 is 0 Å². The van der Waals surface area contributed by atoms with E-state index in [-0.39, 0.29) is 13.0 Å². The zero-order valence-electron chi connectivity index (χ0n) is 20.2.